The van der Waals surface area contributed by atoms with Gasteiger partial charge in [0.05, 0.1) is 12.8 Å². The van der Waals surface area contributed by atoms with Crippen molar-refractivity contribution < 1.29 is 9.53 Å². The lowest BCUT2D eigenvalue weighted by atomic mass is 10.2. The lowest BCUT2D eigenvalue weighted by molar-refractivity contribution is 0.0959. The van der Waals surface area contributed by atoms with Crippen LogP contribution in [-0.2, 0) is 0 Å². The molecule has 0 aliphatic rings. The first-order valence-electron chi connectivity index (χ1n) is 6.23. The summed E-state index contributed by atoms with van der Waals surface area (Å²) in [6, 6.07) is 5.64. The van der Waals surface area contributed by atoms with Gasteiger partial charge in [0.2, 0.25) is 0 Å². The van der Waals surface area contributed by atoms with E-state index in [-0.39, 0.29) is 5.91 Å². The zero-order chi connectivity index (χ0) is 14.7. The molecule has 1 heterocycles. The standard InChI is InChI=1S/C14H18N2O2S2/c1-8(19-3)7-16-14(17)13-12(15)10-5-4-9(18-2)6-11(10)20-13/h4-6,8H,7,15H2,1-3H3,(H,16,17). The molecule has 0 saturated carbocycles. The minimum Gasteiger partial charge on any atom is -0.497 e. The maximum Gasteiger partial charge on any atom is 0.263 e. The summed E-state index contributed by atoms with van der Waals surface area (Å²) in [6.45, 7) is 2.71. The summed E-state index contributed by atoms with van der Waals surface area (Å²) >= 11 is 3.11. The minimum atomic E-state index is -0.108. The Morgan fingerprint density at radius 3 is 2.95 bits per heavy atom. The molecule has 0 radical (unpaired) electrons. The van der Waals surface area contributed by atoms with Gasteiger partial charge in [-0.3, -0.25) is 4.79 Å². The number of ether oxygens (including phenoxy) is 1. The highest BCUT2D eigenvalue weighted by atomic mass is 32.2. The number of anilines is 1. The number of nitrogen functional groups attached to an aromatic ring is 1. The molecule has 2 aromatic rings. The smallest absolute Gasteiger partial charge is 0.263 e. The van der Waals surface area contributed by atoms with Gasteiger partial charge in [0.25, 0.3) is 5.91 Å². The molecule has 0 spiro atoms. The first kappa shape index (κ1) is 15.0. The first-order valence-corrected chi connectivity index (χ1v) is 8.34. The molecule has 1 aromatic carbocycles. The summed E-state index contributed by atoms with van der Waals surface area (Å²) in [4.78, 5) is 12.8. The summed E-state index contributed by atoms with van der Waals surface area (Å²) in [5, 5.41) is 4.21. The van der Waals surface area contributed by atoms with Crippen molar-refractivity contribution in [1.82, 2.24) is 5.32 Å². The Kier molecular flexibility index (Phi) is 4.77. The highest BCUT2D eigenvalue weighted by Gasteiger charge is 2.17. The number of carbonyl (C=O) groups excluding carboxylic acids is 1. The van der Waals surface area contributed by atoms with E-state index in [0.29, 0.717) is 22.4 Å². The van der Waals surface area contributed by atoms with Gasteiger partial charge in [0.1, 0.15) is 10.6 Å². The lowest BCUT2D eigenvalue weighted by Crippen LogP contribution is -2.29. The lowest BCUT2D eigenvalue weighted by Gasteiger charge is -2.09. The second-order valence-electron chi connectivity index (χ2n) is 4.46. The van der Waals surface area contributed by atoms with Crippen LogP contribution in [0.15, 0.2) is 18.2 Å². The van der Waals surface area contributed by atoms with E-state index in [1.54, 1.807) is 18.9 Å². The summed E-state index contributed by atoms with van der Waals surface area (Å²) in [7, 11) is 1.62. The molecule has 1 unspecified atom stereocenters. The molecule has 1 aromatic heterocycles. The van der Waals surface area contributed by atoms with Crippen molar-refractivity contribution >= 4 is 44.8 Å². The number of hydrogen-bond acceptors (Lipinski definition) is 5. The molecular formula is C14H18N2O2S2. The molecule has 0 bridgehead atoms. The van der Waals surface area contributed by atoms with Gasteiger partial charge in [-0.2, -0.15) is 11.8 Å². The van der Waals surface area contributed by atoms with E-state index in [1.807, 2.05) is 24.5 Å². The number of carbonyl (C=O) groups is 1. The van der Waals surface area contributed by atoms with Crippen molar-refractivity contribution in [2.75, 3.05) is 25.6 Å². The Labute approximate surface area is 126 Å². The second kappa shape index (κ2) is 6.37. The molecule has 0 aliphatic carbocycles. The third-order valence-corrected chi connectivity index (χ3v) is 5.23. The van der Waals surface area contributed by atoms with E-state index in [4.69, 9.17) is 10.5 Å². The zero-order valence-electron chi connectivity index (χ0n) is 11.7. The normalized spacial score (nSPS) is 12.3. The number of benzene rings is 1. The van der Waals surface area contributed by atoms with Crippen LogP contribution in [0.3, 0.4) is 0 Å². The van der Waals surface area contributed by atoms with E-state index in [9.17, 15) is 4.79 Å². The van der Waals surface area contributed by atoms with Gasteiger partial charge >= 0.3 is 0 Å². The fourth-order valence-corrected chi connectivity index (χ4v) is 3.11. The monoisotopic (exact) mass is 310 g/mol. The Hall–Kier alpha value is -1.40. The number of nitrogens with one attached hydrogen (secondary N) is 1. The van der Waals surface area contributed by atoms with Crippen LogP contribution in [-0.4, -0.2) is 31.1 Å². The molecule has 2 rings (SSSR count). The minimum absolute atomic E-state index is 0.108. The quantitative estimate of drug-likeness (QED) is 0.891. The van der Waals surface area contributed by atoms with Crippen molar-refractivity contribution in [1.29, 1.82) is 0 Å². The van der Waals surface area contributed by atoms with Crippen LogP contribution in [0.2, 0.25) is 0 Å². The van der Waals surface area contributed by atoms with E-state index >= 15 is 0 Å². The molecule has 20 heavy (non-hydrogen) atoms. The summed E-state index contributed by atoms with van der Waals surface area (Å²) < 4.78 is 6.15. The summed E-state index contributed by atoms with van der Waals surface area (Å²) in [5.41, 5.74) is 6.62. The van der Waals surface area contributed by atoms with Crippen LogP contribution in [0.25, 0.3) is 10.1 Å². The number of methoxy groups -OCH3 is 1. The zero-order valence-corrected chi connectivity index (χ0v) is 13.4. The predicted molar refractivity (Wildman–Crippen MR) is 88.1 cm³/mol. The number of fused-ring (bicyclic) bond motifs is 1. The molecule has 3 N–H and O–H groups in total. The van der Waals surface area contributed by atoms with Crippen LogP contribution >= 0.6 is 23.1 Å². The number of rotatable bonds is 5. The molecule has 0 fully saturated rings. The van der Waals surface area contributed by atoms with E-state index in [0.717, 1.165) is 15.8 Å². The van der Waals surface area contributed by atoms with Crippen LogP contribution in [0.4, 0.5) is 5.69 Å². The molecule has 1 atom stereocenters. The Balaban J connectivity index is 2.25. The summed E-state index contributed by atoms with van der Waals surface area (Å²) in [6.07, 6.45) is 2.02. The molecule has 108 valence electrons. The number of nitrogens with two attached hydrogens (primary N) is 1. The Bertz CT molecular complexity index is 625. The van der Waals surface area contributed by atoms with Gasteiger partial charge in [-0.05, 0) is 24.5 Å². The van der Waals surface area contributed by atoms with Gasteiger partial charge in [0, 0.05) is 21.9 Å². The van der Waals surface area contributed by atoms with Crippen molar-refractivity contribution in [2.45, 2.75) is 12.2 Å². The van der Waals surface area contributed by atoms with Crippen LogP contribution in [0.1, 0.15) is 16.6 Å². The Morgan fingerprint density at radius 2 is 2.30 bits per heavy atom. The van der Waals surface area contributed by atoms with E-state index < -0.39 is 0 Å². The van der Waals surface area contributed by atoms with Gasteiger partial charge in [0.15, 0.2) is 0 Å². The highest BCUT2D eigenvalue weighted by Crippen LogP contribution is 2.35. The summed E-state index contributed by atoms with van der Waals surface area (Å²) in [5.74, 6) is 0.658. The molecule has 6 heteroatoms. The largest absolute Gasteiger partial charge is 0.497 e. The third kappa shape index (κ3) is 3.02. The van der Waals surface area contributed by atoms with E-state index in [2.05, 4.69) is 12.2 Å². The number of hydrogen-bond donors (Lipinski definition) is 2. The third-order valence-electron chi connectivity index (χ3n) is 3.09. The fraction of sp³-hybridized carbons (Fsp3) is 0.357. The number of amides is 1. The van der Waals surface area contributed by atoms with Crippen molar-refractivity contribution in [2.24, 2.45) is 0 Å². The van der Waals surface area contributed by atoms with Crippen LogP contribution < -0.4 is 15.8 Å². The second-order valence-corrected chi connectivity index (χ2v) is 6.79. The molecule has 0 aliphatic heterocycles. The number of thiophene rings is 1. The average Bonchev–Trinajstić information content (AvgIpc) is 2.80. The molecule has 1 amide bonds. The first-order chi connectivity index (χ1) is 9.56. The van der Waals surface area contributed by atoms with Gasteiger partial charge < -0.3 is 15.8 Å². The van der Waals surface area contributed by atoms with E-state index in [1.165, 1.54) is 11.3 Å². The van der Waals surface area contributed by atoms with Crippen LogP contribution in [0, 0.1) is 0 Å². The van der Waals surface area contributed by atoms with Crippen molar-refractivity contribution in [3.63, 3.8) is 0 Å². The molecule has 0 saturated heterocycles. The van der Waals surface area contributed by atoms with Crippen LogP contribution in [0.5, 0.6) is 5.75 Å². The van der Waals surface area contributed by atoms with Gasteiger partial charge in [-0.25, -0.2) is 0 Å². The van der Waals surface area contributed by atoms with Gasteiger partial charge in [-0.1, -0.05) is 6.92 Å². The number of thioether (sulfide) groups is 1. The molecular weight excluding hydrogens is 292 g/mol. The Morgan fingerprint density at radius 1 is 1.55 bits per heavy atom. The fourth-order valence-electron chi connectivity index (χ4n) is 1.79. The average molecular weight is 310 g/mol. The maximum absolute atomic E-state index is 12.2. The predicted octanol–water partition coefficient (Wildman–Crippen LogP) is 2.97. The van der Waals surface area contributed by atoms with Crippen molar-refractivity contribution in [3.05, 3.63) is 23.1 Å². The van der Waals surface area contributed by atoms with Crippen molar-refractivity contribution in [3.8, 4) is 5.75 Å². The topological polar surface area (TPSA) is 64.3 Å². The maximum atomic E-state index is 12.2. The SMILES string of the molecule is COc1ccc2c(N)c(C(=O)NCC(C)SC)sc2c1. The van der Waals surface area contributed by atoms with Gasteiger partial charge in [-0.15, -0.1) is 11.3 Å². The highest BCUT2D eigenvalue weighted by molar-refractivity contribution is 7.99. The molecule has 4 nitrogen and oxygen atoms in total.